The standard InChI is InChI=1S/C26H31N5O3S/c1-19(2)17-31(26(33)23-5-4-16-35-23)18-25(32)30-14-12-29(13-15-30)24-11-10-22(27-28-24)20-6-8-21(34-3)9-7-20/h4-11,16,19H,12-15,17-18H2,1-3H3. The predicted molar refractivity (Wildman–Crippen MR) is 138 cm³/mol. The smallest absolute Gasteiger partial charge is 0.264 e. The Kier molecular flexibility index (Phi) is 7.97. The molecule has 0 atom stereocenters. The maximum absolute atomic E-state index is 13.0. The molecule has 0 radical (unpaired) electrons. The number of thiophene rings is 1. The molecule has 0 spiro atoms. The van der Waals surface area contributed by atoms with Crippen LogP contribution in [0.2, 0.25) is 0 Å². The molecular weight excluding hydrogens is 462 g/mol. The number of carbonyl (C=O) groups excluding carboxylic acids is 2. The van der Waals surface area contributed by atoms with Gasteiger partial charge in [-0.05, 0) is 53.8 Å². The van der Waals surface area contributed by atoms with E-state index in [0.717, 1.165) is 22.8 Å². The number of amides is 2. The average molecular weight is 494 g/mol. The monoisotopic (exact) mass is 493 g/mol. The molecule has 2 amide bonds. The third kappa shape index (κ3) is 6.16. The second-order valence-electron chi connectivity index (χ2n) is 8.93. The molecule has 9 heteroatoms. The molecule has 0 bridgehead atoms. The molecule has 0 N–H and O–H groups in total. The maximum atomic E-state index is 13.0. The first-order chi connectivity index (χ1) is 16.9. The van der Waals surface area contributed by atoms with Crippen LogP contribution in [-0.4, -0.2) is 78.2 Å². The highest BCUT2D eigenvalue weighted by atomic mass is 32.1. The summed E-state index contributed by atoms with van der Waals surface area (Å²) in [5.74, 6) is 1.78. The first-order valence-corrected chi connectivity index (χ1v) is 12.7. The highest BCUT2D eigenvalue weighted by molar-refractivity contribution is 7.12. The second kappa shape index (κ2) is 11.3. The van der Waals surface area contributed by atoms with Gasteiger partial charge in [0.15, 0.2) is 5.82 Å². The predicted octanol–water partition coefficient (Wildman–Crippen LogP) is 3.66. The van der Waals surface area contributed by atoms with Crippen LogP contribution in [0.25, 0.3) is 11.3 Å². The quantitative estimate of drug-likeness (QED) is 0.477. The number of nitrogens with zero attached hydrogens (tertiary/aromatic N) is 5. The van der Waals surface area contributed by atoms with E-state index in [-0.39, 0.29) is 24.3 Å². The third-order valence-corrected chi connectivity index (χ3v) is 6.78. The molecule has 184 valence electrons. The van der Waals surface area contributed by atoms with Crippen LogP contribution >= 0.6 is 11.3 Å². The van der Waals surface area contributed by atoms with E-state index in [0.29, 0.717) is 37.6 Å². The number of piperazine rings is 1. The van der Waals surface area contributed by atoms with Gasteiger partial charge in [0.05, 0.1) is 17.7 Å². The van der Waals surface area contributed by atoms with Gasteiger partial charge in [-0.25, -0.2) is 0 Å². The number of methoxy groups -OCH3 is 1. The van der Waals surface area contributed by atoms with Crippen molar-refractivity contribution in [2.24, 2.45) is 5.92 Å². The topological polar surface area (TPSA) is 78.9 Å². The van der Waals surface area contributed by atoms with E-state index in [1.807, 2.05) is 58.8 Å². The Morgan fingerprint density at radius 2 is 1.77 bits per heavy atom. The van der Waals surface area contributed by atoms with Crippen LogP contribution in [0, 0.1) is 5.92 Å². The Hall–Kier alpha value is -3.46. The lowest BCUT2D eigenvalue weighted by Crippen LogP contribution is -2.52. The molecule has 1 fully saturated rings. The molecule has 1 aromatic carbocycles. The van der Waals surface area contributed by atoms with Crippen molar-refractivity contribution < 1.29 is 14.3 Å². The van der Waals surface area contributed by atoms with E-state index >= 15 is 0 Å². The van der Waals surface area contributed by atoms with Gasteiger partial charge in [0.25, 0.3) is 5.91 Å². The van der Waals surface area contributed by atoms with Crippen LogP contribution in [0.15, 0.2) is 53.9 Å². The molecule has 3 aromatic rings. The molecule has 0 saturated carbocycles. The first-order valence-electron chi connectivity index (χ1n) is 11.8. The summed E-state index contributed by atoms with van der Waals surface area (Å²) in [6, 6.07) is 15.3. The fourth-order valence-corrected chi connectivity index (χ4v) is 4.76. The Morgan fingerprint density at radius 1 is 1.03 bits per heavy atom. The fraction of sp³-hybridized carbons (Fsp3) is 0.385. The van der Waals surface area contributed by atoms with Crippen molar-refractivity contribution in [1.82, 2.24) is 20.0 Å². The lowest BCUT2D eigenvalue weighted by atomic mass is 10.1. The minimum atomic E-state index is -0.0760. The number of anilines is 1. The highest BCUT2D eigenvalue weighted by Crippen LogP contribution is 2.22. The summed E-state index contributed by atoms with van der Waals surface area (Å²) in [6.45, 7) is 7.28. The summed E-state index contributed by atoms with van der Waals surface area (Å²) in [7, 11) is 1.64. The van der Waals surface area contributed by atoms with Gasteiger partial charge < -0.3 is 19.4 Å². The Balaban J connectivity index is 1.33. The number of carbonyl (C=O) groups is 2. The van der Waals surface area contributed by atoms with Gasteiger partial charge >= 0.3 is 0 Å². The van der Waals surface area contributed by atoms with Crippen molar-refractivity contribution in [2.45, 2.75) is 13.8 Å². The summed E-state index contributed by atoms with van der Waals surface area (Å²) < 4.78 is 5.21. The van der Waals surface area contributed by atoms with Gasteiger partial charge in [0.2, 0.25) is 5.91 Å². The van der Waals surface area contributed by atoms with Gasteiger partial charge in [-0.1, -0.05) is 19.9 Å². The Labute approximate surface area is 210 Å². The normalized spacial score (nSPS) is 13.7. The third-order valence-electron chi connectivity index (χ3n) is 5.92. The molecule has 4 rings (SSSR count). The van der Waals surface area contributed by atoms with Crippen LogP contribution in [0.5, 0.6) is 5.75 Å². The minimum absolute atomic E-state index is 0.0175. The van der Waals surface area contributed by atoms with Gasteiger partial charge in [0, 0.05) is 38.3 Å². The highest BCUT2D eigenvalue weighted by Gasteiger charge is 2.26. The second-order valence-corrected chi connectivity index (χ2v) is 9.88. The van der Waals surface area contributed by atoms with Gasteiger partial charge in [-0.2, -0.15) is 0 Å². The Morgan fingerprint density at radius 3 is 2.34 bits per heavy atom. The number of benzene rings is 1. The maximum Gasteiger partial charge on any atom is 0.264 e. The van der Waals surface area contributed by atoms with Crippen molar-refractivity contribution in [3.8, 4) is 17.0 Å². The largest absolute Gasteiger partial charge is 0.497 e. The molecular formula is C26H31N5O3S. The van der Waals surface area contributed by atoms with Crippen molar-refractivity contribution in [3.05, 3.63) is 58.8 Å². The van der Waals surface area contributed by atoms with Crippen LogP contribution in [0.4, 0.5) is 5.82 Å². The van der Waals surface area contributed by atoms with Crippen LogP contribution in [0.3, 0.4) is 0 Å². The van der Waals surface area contributed by atoms with Crippen molar-refractivity contribution >= 4 is 29.0 Å². The zero-order chi connectivity index (χ0) is 24.8. The summed E-state index contributed by atoms with van der Waals surface area (Å²) in [5, 5.41) is 10.7. The van der Waals surface area contributed by atoms with Crippen LogP contribution in [0.1, 0.15) is 23.5 Å². The SMILES string of the molecule is COc1ccc(-c2ccc(N3CCN(C(=O)CN(CC(C)C)C(=O)c4cccs4)CC3)nn2)cc1. The molecule has 1 saturated heterocycles. The van der Waals surface area contributed by atoms with Crippen LogP contribution in [-0.2, 0) is 4.79 Å². The van der Waals surface area contributed by atoms with Gasteiger partial charge in [0.1, 0.15) is 12.3 Å². The fourth-order valence-electron chi connectivity index (χ4n) is 4.07. The van der Waals surface area contributed by atoms with E-state index in [4.69, 9.17) is 4.74 Å². The van der Waals surface area contributed by atoms with Gasteiger partial charge in [-0.3, -0.25) is 9.59 Å². The molecule has 3 heterocycles. The number of hydrogen-bond acceptors (Lipinski definition) is 7. The van der Waals surface area contributed by atoms with E-state index in [1.165, 1.54) is 11.3 Å². The van der Waals surface area contributed by atoms with E-state index < -0.39 is 0 Å². The molecule has 1 aliphatic heterocycles. The number of rotatable bonds is 8. The van der Waals surface area contributed by atoms with E-state index in [9.17, 15) is 9.59 Å². The molecule has 35 heavy (non-hydrogen) atoms. The number of ether oxygens (including phenoxy) is 1. The summed E-state index contributed by atoms with van der Waals surface area (Å²) in [6.07, 6.45) is 0. The summed E-state index contributed by atoms with van der Waals surface area (Å²) in [5.41, 5.74) is 1.77. The number of hydrogen-bond donors (Lipinski definition) is 0. The lowest BCUT2D eigenvalue weighted by molar-refractivity contribution is -0.132. The molecule has 0 unspecified atom stereocenters. The molecule has 2 aromatic heterocycles. The Bertz CT molecular complexity index is 1110. The average Bonchev–Trinajstić information content (AvgIpc) is 3.43. The lowest BCUT2D eigenvalue weighted by Gasteiger charge is -2.36. The summed E-state index contributed by atoms with van der Waals surface area (Å²) in [4.78, 5) is 32.2. The number of aromatic nitrogens is 2. The summed E-state index contributed by atoms with van der Waals surface area (Å²) >= 11 is 1.41. The zero-order valence-electron chi connectivity index (χ0n) is 20.4. The molecule has 1 aliphatic rings. The molecule has 0 aliphatic carbocycles. The molecule has 8 nitrogen and oxygen atoms in total. The first kappa shape index (κ1) is 24.7. The van der Waals surface area contributed by atoms with Crippen molar-refractivity contribution in [2.75, 3.05) is 51.3 Å². The zero-order valence-corrected chi connectivity index (χ0v) is 21.2. The minimum Gasteiger partial charge on any atom is -0.497 e. The van der Waals surface area contributed by atoms with Crippen LogP contribution < -0.4 is 9.64 Å². The van der Waals surface area contributed by atoms with E-state index in [2.05, 4.69) is 28.9 Å². The van der Waals surface area contributed by atoms with Gasteiger partial charge in [-0.15, -0.1) is 21.5 Å². The van der Waals surface area contributed by atoms with Crippen molar-refractivity contribution in [3.63, 3.8) is 0 Å². The van der Waals surface area contributed by atoms with E-state index in [1.54, 1.807) is 12.0 Å². The van der Waals surface area contributed by atoms with Crippen molar-refractivity contribution in [1.29, 1.82) is 0 Å².